The highest BCUT2D eigenvalue weighted by atomic mass is 15.1. The van der Waals surface area contributed by atoms with E-state index in [4.69, 9.17) is 0 Å². The van der Waals surface area contributed by atoms with E-state index >= 15 is 0 Å². The molecule has 2 aliphatic carbocycles. The van der Waals surface area contributed by atoms with E-state index in [1.807, 2.05) is 6.20 Å². The van der Waals surface area contributed by atoms with Gasteiger partial charge in [-0.3, -0.25) is 0 Å². The fourth-order valence-corrected chi connectivity index (χ4v) is 2.31. The van der Waals surface area contributed by atoms with Gasteiger partial charge in [0.2, 0.25) is 5.95 Å². The van der Waals surface area contributed by atoms with Crippen LogP contribution in [-0.4, -0.2) is 16.0 Å². The number of nitrogens with one attached hydrogen (secondary N) is 1. The zero-order chi connectivity index (χ0) is 10.3. The summed E-state index contributed by atoms with van der Waals surface area (Å²) in [7, 11) is 0. The van der Waals surface area contributed by atoms with Gasteiger partial charge in [0.25, 0.3) is 0 Å². The minimum Gasteiger partial charge on any atom is -0.351 e. The molecule has 0 radical (unpaired) electrons. The molecular formula is C12H17N3. The maximum atomic E-state index is 4.66. The third-order valence-electron chi connectivity index (χ3n) is 3.45. The molecular weight excluding hydrogens is 186 g/mol. The number of hydrogen-bond donors (Lipinski definition) is 1. The molecule has 2 aliphatic rings. The largest absolute Gasteiger partial charge is 0.351 e. The molecule has 0 spiro atoms. The molecule has 1 fully saturated rings. The smallest absolute Gasteiger partial charge is 0.223 e. The molecule has 1 unspecified atom stereocenters. The Kier molecular flexibility index (Phi) is 2.11. The molecule has 3 heteroatoms. The molecule has 0 bridgehead atoms. The van der Waals surface area contributed by atoms with Gasteiger partial charge in [-0.1, -0.05) is 6.92 Å². The van der Waals surface area contributed by atoms with Crippen molar-refractivity contribution in [1.82, 2.24) is 9.97 Å². The molecule has 0 aromatic carbocycles. The van der Waals surface area contributed by atoms with E-state index in [0.29, 0.717) is 12.0 Å². The zero-order valence-corrected chi connectivity index (χ0v) is 9.16. The lowest BCUT2D eigenvalue weighted by Crippen LogP contribution is -2.07. The molecule has 1 atom stereocenters. The summed E-state index contributed by atoms with van der Waals surface area (Å²) in [5.41, 5.74) is 2.67. The summed E-state index contributed by atoms with van der Waals surface area (Å²) in [6.07, 6.45) is 8.19. The first-order chi connectivity index (χ1) is 7.36. The molecule has 0 amide bonds. The van der Waals surface area contributed by atoms with Gasteiger partial charge in [-0.25, -0.2) is 9.97 Å². The van der Waals surface area contributed by atoms with E-state index in [2.05, 4.69) is 22.2 Å². The Morgan fingerprint density at radius 3 is 3.00 bits per heavy atom. The van der Waals surface area contributed by atoms with Crippen LogP contribution < -0.4 is 5.32 Å². The quantitative estimate of drug-likeness (QED) is 0.820. The van der Waals surface area contributed by atoms with Crippen LogP contribution in [0.1, 0.15) is 49.8 Å². The predicted octanol–water partition coefficient (Wildman–Crippen LogP) is 2.49. The van der Waals surface area contributed by atoms with Gasteiger partial charge < -0.3 is 5.32 Å². The van der Waals surface area contributed by atoms with Gasteiger partial charge in [0.1, 0.15) is 0 Å². The summed E-state index contributed by atoms with van der Waals surface area (Å²) in [6, 6.07) is 0.643. The van der Waals surface area contributed by atoms with Crippen LogP contribution in [0, 0.1) is 0 Å². The SMILES string of the molecule is CCC1CCc2cnc(NC3CC3)nc21. The number of nitrogens with zero attached hydrogens (tertiary/aromatic N) is 2. The molecule has 3 rings (SSSR count). The second-order valence-corrected chi connectivity index (χ2v) is 4.67. The number of hydrogen-bond acceptors (Lipinski definition) is 3. The average Bonchev–Trinajstić information content (AvgIpc) is 2.97. The number of fused-ring (bicyclic) bond motifs is 1. The van der Waals surface area contributed by atoms with Crippen molar-refractivity contribution >= 4 is 5.95 Å². The summed E-state index contributed by atoms with van der Waals surface area (Å²) >= 11 is 0. The van der Waals surface area contributed by atoms with Crippen molar-refractivity contribution in [3.05, 3.63) is 17.5 Å². The Morgan fingerprint density at radius 1 is 1.40 bits per heavy atom. The fraction of sp³-hybridized carbons (Fsp3) is 0.667. The van der Waals surface area contributed by atoms with E-state index in [1.54, 1.807) is 0 Å². The van der Waals surface area contributed by atoms with E-state index in [1.165, 1.54) is 36.9 Å². The molecule has 0 saturated heterocycles. The van der Waals surface area contributed by atoms with Crippen molar-refractivity contribution in [2.45, 2.75) is 51.0 Å². The standard InChI is InChI=1S/C12H17N3/c1-2-8-3-4-9-7-13-12(15-11(8)9)14-10-5-6-10/h7-8,10H,2-6H2,1H3,(H,13,14,15). The molecule has 1 heterocycles. The highest BCUT2D eigenvalue weighted by molar-refractivity contribution is 5.36. The summed E-state index contributed by atoms with van der Waals surface area (Å²) in [5, 5.41) is 3.37. The molecule has 80 valence electrons. The monoisotopic (exact) mass is 203 g/mol. The lowest BCUT2D eigenvalue weighted by molar-refractivity contribution is 0.642. The Bertz CT molecular complexity index is 371. The number of aromatic nitrogens is 2. The summed E-state index contributed by atoms with van der Waals surface area (Å²) in [6.45, 7) is 2.25. The maximum Gasteiger partial charge on any atom is 0.223 e. The first-order valence-electron chi connectivity index (χ1n) is 5.99. The Hall–Kier alpha value is -1.12. The average molecular weight is 203 g/mol. The van der Waals surface area contributed by atoms with E-state index in [0.717, 1.165) is 12.4 Å². The van der Waals surface area contributed by atoms with Crippen LogP contribution in [-0.2, 0) is 6.42 Å². The topological polar surface area (TPSA) is 37.8 Å². The molecule has 3 nitrogen and oxygen atoms in total. The summed E-state index contributed by atoms with van der Waals surface area (Å²) < 4.78 is 0. The second kappa shape index (κ2) is 3.47. The van der Waals surface area contributed by atoms with Crippen LogP contribution in [0.4, 0.5) is 5.95 Å². The highest BCUT2D eigenvalue weighted by Crippen LogP contribution is 2.34. The van der Waals surface area contributed by atoms with Crippen LogP contribution in [0.3, 0.4) is 0 Å². The lowest BCUT2D eigenvalue weighted by Gasteiger charge is -2.09. The van der Waals surface area contributed by atoms with E-state index in [-0.39, 0.29) is 0 Å². The van der Waals surface area contributed by atoms with Crippen LogP contribution in [0.25, 0.3) is 0 Å². The van der Waals surface area contributed by atoms with Crippen molar-refractivity contribution in [2.24, 2.45) is 0 Å². The van der Waals surface area contributed by atoms with Crippen molar-refractivity contribution < 1.29 is 0 Å². The van der Waals surface area contributed by atoms with Gasteiger partial charge in [0.05, 0.1) is 5.69 Å². The van der Waals surface area contributed by atoms with E-state index in [9.17, 15) is 0 Å². The first kappa shape index (κ1) is 9.13. The molecule has 15 heavy (non-hydrogen) atoms. The molecule has 1 N–H and O–H groups in total. The van der Waals surface area contributed by atoms with Gasteiger partial charge >= 0.3 is 0 Å². The molecule has 1 aromatic rings. The van der Waals surface area contributed by atoms with Crippen molar-refractivity contribution in [3.8, 4) is 0 Å². The Morgan fingerprint density at radius 2 is 2.27 bits per heavy atom. The zero-order valence-electron chi connectivity index (χ0n) is 9.16. The van der Waals surface area contributed by atoms with Crippen LogP contribution in [0.2, 0.25) is 0 Å². The maximum absolute atomic E-state index is 4.66. The summed E-state index contributed by atoms with van der Waals surface area (Å²) in [4.78, 5) is 9.04. The van der Waals surface area contributed by atoms with Crippen molar-refractivity contribution in [3.63, 3.8) is 0 Å². The van der Waals surface area contributed by atoms with Gasteiger partial charge in [0, 0.05) is 18.2 Å². The summed E-state index contributed by atoms with van der Waals surface area (Å²) in [5.74, 6) is 1.51. The number of rotatable bonds is 3. The van der Waals surface area contributed by atoms with Crippen molar-refractivity contribution in [1.29, 1.82) is 0 Å². The minimum absolute atomic E-state index is 0.643. The van der Waals surface area contributed by atoms with Gasteiger partial charge in [-0.05, 0) is 37.7 Å². The van der Waals surface area contributed by atoms with E-state index < -0.39 is 0 Å². The minimum atomic E-state index is 0.643. The number of aryl methyl sites for hydroxylation is 1. The molecule has 1 aromatic heterocycles. The lowest BCUT2D eigenvalue weighted by atomic mass is 10.0. The van der Waals surface area contributed by atoms with Crippen LogP contribution in [0.15, 0.2) is 6.20 Å². The normalized spacial score (nSPS) is 23.9. The third-order valence-corrected chi connectivity index (χ3v) is 3.45. The van der Waals surface area contributed by atoms with Gasteiger partial charge in [0.15, 0.2) is 0 Å². The first-order valence-corrected chi connectivity index (χ1v) is 5.99. The number of anilines is 1. The van der Waals surface area contributed by atoms with Crippen LogP contribution in [0.5, 0.6) is 0 Å². The third kappa shape index (κ3) is 1.71. The Labute approximate surface area is 90.3 Å². The fourth-order valence-electron chi connectivity index (χ4n) is 2.31. The van der Waals surface area contributed by atoms with Crippen LogP contribution >= 0.6 is 0 Å². The van der Waals surface area contributed by atoms with Crippen molar-refractivity contribution in [2.75, 3.05) is 5.32 Å². The molecule has 1 saturated carbocycles. The predicted molar refractivity (Wildman–Crippen MR) is 60.0 cm³/mol. The van der Waals surface area contributed by atoms with Gasteiger partial charge in [-0.15, -0.1) is 0 Å². The molecule has 0 aliphatic heterocycles. The Balaban J connectivity index is 1.86. The second-order valence-electron chi connectivity index (χ2n) is 4.67. The van der Waals surface area contributed by atoms with Gasteiger partial charge in [-0.2, -0.15) is 0 Å². The highest BCUT2D eigenvalue weighted by Gasteiger charge is 2.26.